The van der Waals surface area contributed by atoms with E-state index in [0.717, 1.165) is 18.4 Å². The first kappa shape index (κ1) is 9.13. The Balaban J connectivity index is 2.73. The molecule has 12 heavy (non-hydrogen) atoms. The Bertz CT molecular complexity index is 250. The summed E-state index contributed by atoms with van der Waals surface area (Å²) in [5.74, 6) is -0.320. The van der Waals surface area contributed by atoms with Crippen molar-refractivity contribution in [2.75, 3.05) is 0 Å². The zero-order valence-electron chi connectivity index (χ0n) is 7.13. The first-order chi connectivity index (χ1) is 5.74. The Hall–Kier alpha value is -0.960. The fraction of sp³-hybridized carbons (Fsp3) is 0.444. The van der Waals surface area contributed by atoms with Crippen LogP contribution in [0.1, 0.15) is 31.4 Å². The monoisotopic (exact) mass is 168 g/mol. The molecule has 0 saturated heterocycles. The number of aromatic nitrogens is 1. The zero-order chi connectivity index (χ0) is 8.97. The predicted molar refractivity (Wildman–Crippen MR) is 46.0 cm³/mol. The molecular formula is C9H13FN2. The van der Waals surface area contributed by atoms with Crippen molar-refractivity contribution in [3.63, 3.8) is 0 Å². The topological polar surface area (TPSA) is 38.9 Å². The lowest BCUT2D eigenvalue weighted by Gasteiger charge is -2.09. The van der Waals surface area contributed by atoms with E-state index in [1.54, 1.807) is 6.20 Å². The number of hydrogen-bond acceptors (Lipinski definition) is 2. The summed E-state index contributed by atoms with van der Waals surface area (Å²) in [6, 6.07) is 1.35. The second-order valence-electron chi connectivity index (χ2n) is 2.83. The molecule has 1 heterocycles. The highest BCUT2D eigenvalue weighted by molar-refractivity contribution is 5.14. The molecule has 0 fully saturated rings. The van der Waals surface area contributed by atoms with Crippen molar-refractivity contribution in [2.45, 2.75) is 25.8 Å². The average Bonchev–Trinajstić information content (AvgIpc) is 2.05. The van der Waals surface area contributed by atoms with Crippen LogP contribution < -0.4 is 5.73 Å². The molecule has 0 radical (unpaired) electrons. The van der Waals surface area contributed by atoms with Gasteiger partial charge in [-0.25, -0.2) is 4.39 Å². The minimum absolute atomic E-state index is 0.0850. The molecule has 0 aliphatic rings. The standard InChI is InChI=1S/C9H13FN2/c1-2-3-9(11)7-4-8(10)6-12-5-7/h4-6,9H,2-3,11H2,1H3. The van der Waals surface area contributed by atoms with E-state index in [9.17, 15) is 4.39 Å². The highest BCUT2D eigenvalue weighted by Crippen LogP contribution is 2.14. The van der Waals surface area contributed by atoms with Gasteiger partial charge in [0, 0.05) is 12.2 Å². The maximum Gasteiger partial charge on any atom is 0.141 e. The van der Waals surface area contributed by atoms with Crippen LogP contribution in [0.2, 0.25) is 0 Å². The molecule has 0 amide bonds. The number of halogens is 1. The van der Waals surface area contributed by atoms with Crippen LogP contribution in [0.3, 0.4) is 0 Å². The summed E-state index contributed by atoms with van der Waals surface area (Å²) in [7, 11) is 0. The van der Waals surface area contributed by atoms with E-state index in [1.807, 2.05) is 6.92 Å². The number of hydrogen-bond donors (Lipinski definition) is 1. The summed E-state index contributed by atoms with van der Waals surface area (Å²) < 4.78 is 12.6. The molecule has 1 unspecified atom stereocenters. The fourth-order valence-electron chi connectivity index (χ4n) is 1.11. The lowest BCUT2D eigenvalue weighted by Crippen LogP contribution is -2.10. The van der Waals surface area contributed by atoms with Crippen LogP contribution in [0, 0.1) is 5.82 Å². The van der Waals surface area contributed by atoms with E-state index in [4.69, 9.17) is 5.73 Å². The number of nitrogens with zero attached hydrogens (tertiary/aromatic N) is 1. The third-order valence-electron chi connectivity index (χ3n) is 1.75. The summed E-state index contributed by atoms with van der Waals surface area (Å²) in [4.78, 5) is 3.73. The Morgan fingerprint density at radius 3 is 2.92 bits per heavy atom. The Morgan fingerprint density at radius 1 is 1.58 bits per heavy atom. The maximum atomic E-state index is 12.6. The van der Waals surface area contributed by atoms with Crippen LogP contribution in [0.15, 0.2) is 18.5 Å². The largest absolute Gasteiger partial charge is 0.324 e. The highest BCUT2D eigenvalue weighted by atomic mass is 19.1. The second kappa shape index (κ2) is 4.16. The Labute approximate surface area is 71.6 Å². The molecule has 3 heteroatoms. The maximum absolute atomic E-state index is 12.6. The number of pyridine rings is 1. The normalized spacial score (nSPS) is 12.9. The molecule has 1 atom stereocenters. The second-order valence-corrected chi connectivity index (χ2v) is 2.83. The molecule has 1 aromatic heterocycles. The van der Waals surface area contributed by atoms with Gasteiger partial charge in [-0.3, -0.25) is 4.98 Å². The van der Waals surface area contributed by atoms with Gasteiger partial charge in [0.2, 0.25) is 0 Å². The number of rotatable bonds is 3. The van der Waals surface area contributed by atoms with Gasteiger partial charge in [0.1, 0.15) is 5.82 Å². The summed E-state index contributed by atoms with van der Waals surface area (Å²) in [6.45, 7) is 2.05. The van der Waals surface area contributed by atoms with Gasteiger partial charge in [0.15, 0.2) is 0 Å². The minimum atomic E-state index is -0.320. The van der Waals surface area contributed by atoms with Crippen LogP contribution in [0.5, 0.6) is 0 Å². The van der Waals surface area contributed by atoms with E-state index in [2.05, 4.69) is 4.98 Å². The van der Waals surface area contributed by atoms with E-state index in [1.165, 1.54) is 12.3 Å². The van der Waals surface area contributed by atoms with Crippen LogP contribution in [-0.4, -0.2) is 4.98 Å². The van der Waals surface area contributed by atoms with Gasteiger partial charge < -0.3 is 5.73 Å². The van der Waals surface area contributed by atoms with E-state index >= 15 is 0 Å². The predicted octanol–water partition coefficient (Wildman–Crippen LogP) is 2.02. The van der Waals surface area contributed by atoms with Crippen LogP contribution in [0.4, 0.5) is 4.39 Å². The molecule has 1 aromatic rings. The SMILES string of the molecule is CCCC(N)c1cncc(F)c1. The molecule has 1 rings (SSSR count). The minimum Gasteiger partial charge on any atom is -0.324 e. The molecule has 66 valence electrons. The number of nitrogens with two attached hydrogens (primary N) is 1. The first-order valence-electron chi connectivity index (χ1n) is 4.10. The molecule has 0 bridgehead atoms. The Morgan fingerprint density at radius 2 is 2.33 bits per heavy atom. The average molecular weight is 168 g/mol. The lowest BCUT2D eigenvalue weighted by molar-refractivity contribution is 0.598. The molecule has 0 aliphatic heterocycles. The fourth-order valence-corrected chi connectivity index (χ4v) is 1.11. The smallest absolute Gasteiger partial charge is 0.141 e. The molecule has 0 saturated carbocycles. The molecule has 2 N–H and O–H groups in total. The Kier molecular flexibility index (Phi) is 3.17. The molecule has 2 nitrogen and oxygen atoms in total. The van der Waals surface area contributed by atoms with Crippen molar-refractivity contribution in [3.8, 4) is 0 Å². The van der Waals surface area contributed by atoms with Gasteiger partial charge >= 0.3 is 0 Å². The van der Waals surface area contributed by atoms with Gasteiger partial charge in [-0.15, -0.1) is 0 Å². The van der Waals surface area contributed by atoms with E-state index in [-0.39, 0.29) is 11.9 Å². The molecule has 0 spiro atoms. The van der Waals surface area contributed by atoms with Crippen molar-refractivity contribution in [2.24, 2.45) is 5.73 Å². The van der Waals surface area contributed by atoms with Crippen LogP contribution in [0.25, 0.3) is 0 Å². The van der Waals surface area contributed by atoms with Crippen molar-refractivity contribution in [3.05, 3.63) is 29.8 Å². The van der Waals surface area contributed by atoms with Crippen LogP contribution >= 0.6 is 0 Å². The van der Waals surface area contributed by atoms with Gasteiger partial charge in [0.25, 0.3) is 0 Å². The van der Waals surface area contributed by atoms with Crippen molar-refractivity contribution < 1.29 is 4.39 Å². The van der Waals surface area contributed by atoms with Crippen molar-refractivity contribution in [1.29, 1.82) is 0 Å². The summed E-state index contributed by atoms with van der Waals surface area (Å²) in [5.41, 5.74) is 6.54. The van der Waals surface area contributed by atoms with E-state index in [0.29, 0.717) is 0 Å². The van der Waals surface area contributed by atoms with Crippen LogP contribution in [-0.2, 0) is 0 Å². The highest BCUT2D eigenvalue weighted by Gasteiger charge is 2.05. The quantitative estimate of drug-likeness (QED) is 0.749. The molecule has 0 aliphatic carbocycles. The molecular weight excluding hydrogens is 155 g/mol. The third kappa shape index (κ3) is 2.27. The first-order valence-corrected chi connectivity index (χ1v) is 4.10. The van der Waals surface area contributed by atoms with E-state index < -0.39 is 0 Å². The zero-order valence-corrected chi connectivity index (χ0v) is 7.13. The summed E-state index contributed by atoms with van der Waals surface area (Å²) in [5, 5.41) is 0. The van der Waals surface area contributed by atoms with Gasteiger partial charge in [-0.1, -0.05) is 13.3 Å². The lowest BCUT2D eigenvalue weighted by atomic mass is 10.1. The molecule has 0 aromatic carbocycles. The third-order valence-corrected chi connectivity index (χ3v) is 1.75. The van der Waals surface area contributed by atoms with Gasteiger partial charge in [0.05, 0.1) is 6.20 Å². The van der Waals surface area contributed by atoms with Gasteiger partial charge in [-0.05, 0) is 18.1 Å². The van der Waals surface area contributed by atoms with Crippen molar-refractivity contribution >= 4 is 0 Å². The van der Waals surface area contributed by atoms with Crippen molar-refractivity contribution in [1.82, 2.24) is 4.98 Å². The van der Waals surface area contributed by atoms with Gasteiger partial charge in [-0.2, -0.15) is 0 Å². The summed E-state index contributed by atoms with van der Waals surface area (Å²) in [6.07, 6.45) is 4.66. The summed E-state index contributed by atoms with van der Waals surface area (Å²) >= 11 is 0.